The van der Waals surface area contributed by atoms with Crippen LogP contribution in [-0.4, -0.2) is 14.7 Å². The van der Waals surface area contributed by atoms with E-state index in [1.54, 1.807) is 0 Å². The molecule has 12 heavy (non-hydrogen) atoms. The normalized spacial score (nSPS) is 11.6. The van der Waals surface area contributed by atoms with E-state index in [1.807, 2.05) is 0 Å². The minimum atomic E-state index is -3.30. The molecule has 0 N–H and O–H groups in total. The van der Waals surface area contributed by atoms with Crippen molar-refractivity contribution in [3.05, 3.63) is 29.6 Å². The molecule has 0 heterocycles. The Hall–Kier alpha value is -0.900. The zero-order valence-corrected chi connectivity index (χ0v) is 7.65. The monoisotopic (exact) mass is 188 g/mol. The molecule has 2 nitrogen and oxygen atoms in total. The van der Waals surface area contributed by atoms with Crippen molar-refractivity contribution >= 4 is 9.84 Å². The van der Waals surface area contributed by atoms with Crippen LogP contribution in [0, 0.1) is 12.7 Å². The molecule has 1 aromatic rings. The third-order valence-corrected chi connectivity index (χ3v) is 2.86. The largest absolute Gasteiger partial charge is 0.224 e. The third kappa shape index (κ3) is 1.64. The molecule has 0 unspecified atom stereocenters. The number of benzene rings is 1. The summed E-state index contributed by atoms with van der Waals surface area (Å²) in [6.07, 6.45) is 1.06. The SMILES string of the molecule is Cc1c(F)cccc1S(C)(=O)=O. The Morgan fingerprint density at radius 2 is 1.92 bits per heavy atom. The van der Waals surface area contributed by atoms with Gasteiger partial charge in [0.1, 0.15) is 5.82 Å². The van der Waals surface area contributed by atoms with E-state index in [1.165, 1.54) is 25.1 Å². The van der Waals surface area contributed by atoms with E-state index in [9.17, 15) is 12.8 Å². The summed E-state index contributed by atoms with van der Waals surface area (Å²) in [6, 6.07) is 4.02. The minimum Gasteiger partial charge on any atom is -0.224 e. The average molecular weight is 188 g/mol. The maximum atomic E-state index is 12.8. The van der Waals surface area contributed by atoms with Gasteiger partial charge in [-0.05, 0) is 19.1 Å². The number of sulfone groups is 1. The molecule has 0 atom stereocenters. The molecule has 0 bridgehead atoms. The summed E-state index contributed by atoms with van der Waals surface area (Å²) >= 11 is 0. The standard InChI is InChI=1S/C8H9FO2S/c1-6-7(9)4-3-5-8(6)12(2,10)11/h3-5H,1-2H3. The first-order chi connectivity index (χ1) is 5.43. The molecule has 0 radical (unpaired) electrons. The van der Waals surface area contributed by atoms with E-state index in [0.29, 0.717) is 0 Å². The first-order valence-electron chi connectivity index (χ1n) is 3.38. The lowest BCUT2D eigenvalue weighted by molar-refractivity contribution is 0.591. The van der Waals surface area contributed by atoms with Gasteiger partial charge in [0, 0.05) is 11.8 Å². The van der Waals surface area contributed by atoms with E-state index < -0.39 is 15.7 Å². The van der Waals surface area contributed by atoms with Crippen LogP contribution in [0.5, 0.6) is 0 Å². The van der Waals surface area contributed by atoms with Crippen LogP contribution in [0.3, 0.4) is 0 Å². The van der Waals surface area contributed by atoms with Crippen molar-refractivity contribution < 1.29 is 12.8 Å². The molecule has 0 aliphatic heterocycles. The van der Waals surface area contributed by atoms with Gasteiger partial charge in [-0.1, -0.05) is 6.07 Å². The highest BCUT2D eigenvalue weighted by Gasteiger charge is 2.12. The van der Waals surface area contributed by atoms with E-state index in [-0.39, 0.29) is 10.5 Å². The topological polar surface area (TPSA) is 34.1 Å². The molecular weight excluding hydrogens is 179 g/mol. The molecule has 0 aromatic heterocycles. The molecule has 4 heteroatoms. The third-order valence-electron chi connectivity index (χ3n) is 1.62. The van der Waals surface area contributed by atoms with Crippen molar-refractivity contribution in [2.24, 2.45) is 0 Å². The summed E-state index contributed by atoms with van der Waals surface area (Å²) in [5, 5.41) is 0. The van der Waals surface area contributed by atoms with Crippen LogP contribution >= 0.6 is 0 Å². The van der Waals surface area contributed by atoms with Crippen molar-refractivity contribution in [3.63, 3.8) is 0 Å². The molecule has 66 valence electrons. The van der Waals surface area contributed by atoms with E-state index in [4.69, 9.17) is 0 Å². The molecule has 0 fully saturated rings. The molecular formula is C8H9FO2S. The van der Waals surface area contributed by atoms with Crippen LogP contribution in [-0.2, 0) is 9.84 Å². The van der Waals surface area contributed by atoms with E-state index >= 15 is 0 Å². The average Bonchev–Trinajstić information content (AvgIpc) is 1.92. The Balaban J connectivity index is 3.47. The van der Waals surface area contributed by atoms with Crippen LogP contribution in [0.2, 0.25) is 0 Å². The number of hydrogen-bond acceptors (Lipinski definition) is 2. The van der Waals surface area contributed by atoms with Gasteiger partial charge in [-0.3, -0.25) is 0 Å². The van der Waals surface area contributed by atoms with Crippen LogP contribution in [0.25, 0.3) is 0 Å². The summed E-state index contributed by atoms with van der Waals surface area (Å²) in [5.74, 6) is -0.488. The molecule has 0 aliphatic carbocycles. The van der Waals surface area contributed by atoms with Gasteiger partial charge >= 0.3 is 0 Å². The lowest BCUT2D eigenvalue weighted by Gasteiger charge is -2.02. The molecule has 0 saturated carbocycles. The Morgan fingerprint density at radius 1 is 1.33 bits per heavy atom. The van der Waals surface area contributed by atoms with Crippen LogP contribution in [0.4, 0.5) is 4.39 Å². The molecule has 1 rings (SSSR count). The molecule has 0 aliphatic rings. The van der Waals surface area contributed by atoms with Gasteiger partial charge in [0.2, 0.25) is 0 Å². The predicted octanol–water partition coefficient (Wildman–Crippen LogP) is 1.54. The van der Waals surface area contributed by atoms with E-state index in [2.05, 4.69) is 0 Å². The fourth-order valence-corrected chi connectivity index (χ4v) is 1.97. The first-order valence-corrected chi connectivity index (χ1v) is 5.27. The number of rotatable bonds is 1. The zero-order valence-electron chi connectivity index (χ0n) is 6.83. The van der Waals surface area contributed by atoms with Gasteiger partial charge in [0.05, 0.1) is 4.90 Å². The van der Waals surface area contributed by atoms with Gasteiger partial charge in [0.25, 0.3) is 0 Å². The van der Waals surface area contributed by atoms with Gasteiger partial charge < -0.3 is 0 Å². The van der Waals surface area contributed by atoms with Gasteiger partial charge in [-0.2, -0.15) is 0 Å². The predicted molar refractivity (Wildman–Crippen MR) is 44.2 cm³/mol. The molecule has 0 spiro atoms. The summed E-state index contributed by atoms with van der Waals surface area (Å²) in [6.45, 7) is 1.45. The van der Waals surface area contributed by atoms with Crippen molar-refractivity contribution in [2.75, 3.05) is 6.26 Å². The highest BCUT2D eigenvalue weighted by molar-refractivity contribution is 7.90. The first kappa shape index (κ1) is 9.19. The maximum Gasteiger partial charge on any atom is 0.175 e. The Morgan fingerprint density at radius 3 is 2.33 bits per heavy atom. The van der Waals surface area contributed by atoms with Gasteiger partial charge in [0.15, 0.2) is 9.84 Å². The summed E-state index contributed by atoms with van der Waals surface area (Å²) in [7, 11) is -3.30. The van der Waals surface area contributed by atoms with Gasteiger partial charge in [-0.25, -0.2) is 12.8 Å². The van der Waals surface area contributed by atoms with E-state index in [0.717, 1.165) is 6.26 Å². The zero-order chi connectivity index (χ0) is 9.35. The van der Waals surface area contributed by atoms with Crippen molar-refractivity contribution in [1.82, 2.24) is 0 Å². The van der Waals surface area contributed by atoms with Crippen LogP contribution < -0.4 is 0 Å². The second-order valence-corrected chi connectivity index (χ2v) is 4.62. The van der Waals surface area contributed by atoms with Crippen LogP contribution in [0.1, 0.15) is 5.56 Å². The highest BCUT2D eigenvalue weighted by atomic mass is 32.2. The second kappa shape index (κ2) is 2.86. The second-order valence-electron chi connectivity index (χ2n) is 2.64. The quantitative estimate of drug-likeness (QED) is 0.670. The number of hydrogen-bond donors (Lipinski definition) is 0. The Labute approximate surface area is 71.0 Å². The lowest BCUT2D eigenvalue weighted by Crippen LogP contribution is -2.01. The summed E-state index contributed by atoms with van der Waals surface area (Å²) in [5.41, 5.74) is 0.181. The Kier molecular flexibility index (Phi) is 2.19. The molecule has 0 amide bonds. The molecule has 0 saturated heterocycles. The summed E-state index contributed by atoms with van der Waals surface area (Å²) in [4.78, 5) is 0.0579. The smallest absolute Gasteiger partial charge is 0.175 e. The fourth-order valence-electron chi connectivity index (χ4n) is 0.989. The van der Waals surface area contributed by atoms with Crippen molar-refractivity contribution in [1.29, 1.82) is 0 Å². The lowest BCUT2D eigenvalue weighted by atomic mass is 10.2. The fraction of sp³-hybridized carbons (Fsp3) is 0.250. The highest BCUT2D eigenvalue weighted by Crippen LogP contribution is 2.16. The molecule has 1 aromatic carbocycles. The summed E-state index contributed by atoms with van der Waals surface area (Å²) < 4.78 is 34.9. The van der Waals surface area contributed by atoms with Crippen molar-refractivity contribution in [2.45, 2.75) is 11.8 Å². The minimum absolute atomic E-state index is 0.0579. The van der Waals surface area contributed by atoms with Crippen molar-refractivity contribution in [3.8, 4) is 0 Å². The number of halogens is 1. The maximum absolute atomic E-state index is 12.8. The van der Waals surface area contributed by atoms with Gasteiger partial charge in [-0.15, -0.1) is 0 Å². The van der Waals surface area contributed by atoms with Crippen LogP contribution in [0.15, 0.2) is 23.1 Å². The Bertz CT molecular complexity index is 396.